The summed E-state index contributed by atoms with van der Waals surface area (Å²) in [5, 5.41) is 12.3. The summed E-state index contributed by atoms with van der Waals surface area (Å²) in [7, 11) is 0. The molecule has 146 valence electrons. The number of rotatable bonds is 4. The van der Waals surface area contributed by atoms with Crippen LogP contribution in [0.4, 0.5) is 22.4 Å². The predicted octanol–water partition coefficient (Wildman–Crippen LogP) is 2.35. The fourth-order valence-electron chi connectivity index (χ4n) is 3.21. The van der Waals surface area contributed by atoms with Gasteiger partial charge in [-0.3, -0.25) is 0 Å². The second kappa shape index (κ2) is 7.29. The molecule has 3 aromatic heterocycles. The van der Waals surface area contributed by atoms with Crippen LogP contribution in [0.2, 0.25) is 0 Å². The molecule has 0 spiro atoms. The summed E-state index contributed by atoms with van der Waals surface area (Å²) in [6.45, 7) is 6.22. The number of hydrogen-bond donors (Lipinski definition) is 2. The number of carbonyl (C=O) groups is 1. The van der Waals surface area contributed by atoms with Gasteiger partial charge in [-0.05, 0) is 19.9 Å². The lowest BCUT2D eigenvalue weighted by Gasteiger charge is -2.33. The minimum atomic E-state index is -0.891. The summed E-state index contributed by atoms with van der Waals surface area (Å²) in [5.74, 6) is 1.88. The second-order valence-electron chi connectivity index (χ2n) is 6.93. The van der Waals surface area contributed by atoms with E-state index in [0.717, 1.165) is 11.0 Å². The molecule has 1 saturated heterocycles. The highest BCUT2D eigenvalue weighted by atomic mass is 16.4. The maximum absolute atomic E-state index is 11.0. The lowest BCUT2D eigenvalue weighted by atomic mass is 10.3. The largest absolute Gasteiger partial charge is 0.465 e. The first-order chi connectivity index (χ1) is 13.5. The number of aromatic nitrogens is 5. The van der Waals surface area contributed by atoms with Gasteiger partial charge in [0.05, 0.1) is 18.0 Å². The monoisotopic (exact) mass is 382 g/mol. The van der Waals surface area contributed by atoms with Gasteiger partial charge in [0.2, 0.25) is 5.95 Å². The SMILES string of the molecule is CC(C)n1cnc2cnc(Nc3ccnc(N4CCN(C(=O)O)CC4)n3)cc21. The van der Waals surface area contributed by atoms with Gasteiger partial charge in [-0.25, -0.2) is 19.7 Å². The number of pyridine rings is 1. The summed E-state index contributed by atoms with van der Waals surface area (Å²) >= 11 is 0. The molecule has 1 fully saturated rings. The van der Waals surface area contributed by atoms with Crippen molar-refractivity contribution < 1.29 is 9.90 Å². The van der Waals surface area contributed by atoms with Crippen LogP contribution in [0.1, 0.15) is 19.9 Å². The van der Waals surface area contributed by atoms with Crippen molar-refractivity contribution in [3.63, 3.8) is 0 Å². The van der Waals surface area contributed by atoms with Crippen LogP contribution >= 0.6 is 0 Å². The Morgan fingerprint density at radius 2 is 1.93 bits per heavy atom. The molecular weight excluding hydrogens is 360 g/mol. The Balaban J connectivity index is 1.52. The molecule has 0 saturated carbocycles. The van der Waals surface area contributed by atoms with E-state index in [4.69, 9.17) is 5.11 Å². The van der Waals surface area contributed by atoms with E-state index in [1.54, 1.807) is 18.5 Å². The standard InChI is InChI=1S/C18H22N8O2/c1-12(2)26-11-21-13-10-20-16(9-14(13)26)22-15-3-4-19-17(23-15)24-5-7-25(8-6-24)18(27)28/h3-4,9-12H,5-8H2,1-2H3,(H,27,28)(H,19,20,22,23). The maximum Gasteiger partial charge on any atom is 0.407 e. The van der Waals surface area contributed by atoms with Gasteiger partial charge in [-0.15, -0.1) is 0 Å². The zero-order chi connectivity index (χ0) is 19.7. The third kappa shape index (κ3) is 3.53. The van der Waals surface area contributed by atoms with Gasteiger partial charge in [0.15, 0.2) is 0 Å². The molecule has 3 aromatic rings. The molecule has 10 heteroatoms. The van der Waals surface area contributed by atoms with Gasteiger partial charge in [0, 0.05) is 44.5 Å². The summed E-state index contributed by atoms with van der Waals surface area (Å²) in [6, 6.07) is 4.04. The fraction of sp³-hybridized carbons (Fsp3) is 0.389. The molecule has 0 unspecified atom stereocenters. The number of nitrogens with one attached hydrogen (secondary N) is 1. The zero-order valence-corrected chi connectivity index (χ0v) is 15.8. The van der Waals surface area contributed by atoms with Crippen molar-refractivity contribution in [2.45, 2.75) is 19.9 Å². The molecule has 1 aliphatic rings. The van der Waals surface area contributed by atoms with E-state index < -0.39 is 6.09 Å². The summed E-state index contributed by atoms with van der Waals surface area (Å²) in [5.41, 5.74) is 1.85. The molecule has 0 radical (unpaired) electrons. The zero-order valence-electron chi connectivity index (χ0n) is 15.8. The van der Waals surface area contributed by atoms with E-state index in [0.29, 0.717) is 49.8 Å². The van der Waals surface area contributed by atoms with Gasteiger partial charge in [-0.2, -0.15) is 4.98 Å². The molecule has 0 aromatic carbocycles. The van der Waals surface area contributed by atoms with E-state index in [9.17, 15) is 4.79 Å². The number of nitrogens with zero attached hydrogens (tertiary/aromatic N) is 7. The molecule has 4 rings (SSSR count). The minimum Gasteiger partial charge on any atom is -0.465 e. The molecule has 0 aliphatic carbocycles. The normalized spacial score (nSPS) is 14.7. The van der Waals surface area contributed by atoms with Crippen LogP contribution in [0.3, 0.4) is 0 Å². The smallest absolute Gasteiger partial charge is 0.407 e. The lowest BCUT2D eigenvalue weighted by molar-refractivity contribution is 0.142. The average Bonchev–Trinajstić information content (AvgIpc) is 3.12. The number of imidazole rings is 1. The second-order valence-corrected chi connectivity index (χ2v) is 6.93. The predicted molar refractivity (Wildman–Crippen MR) is 105 cm³/mol. The number of fused-ring (bicyclic) bond motifs is 1. The number of piperazine rings is 1. The summed E-state index contributed by atoms with van der Waals surface area (Å²) in [6.07, 6.45) is 4.35. The maximum atomic E-state index is 11.0. The first-order valence-electron chi connectivity index (χ1n) is 9.17. The van der Waals surface area contributed by atoms with Crippen molar-refractivity contribution in [1.82, 2.24) is 29.4 Å². The van der Waals surface area contributed by atoms with Crippen LogP contribution < -0.4 is 10.2 Å². The highest BCUT2D eigenvalue weighted by Crippen LogP contribution is 2.22. The van der Waals surface area contributed by atoms with E-state index in [-0.39, 0.29) is 0 Å². The molecule has 0 atom stereocenters. The van der Waals surface area contributed by atoms with Crippen LogP contribution in [-0.4, -0.2) is 66.8 Å². The van der Waals surface area contributed by atoms with E-state index >= 15 is 0 Å². The quantitative estimate of drug-likeness (QED) is 0.707. The number of hydrogen-bond acceptors (Lipinski definition) is 7. The fourth-order valence-corrected chi connectivity index (χ4v) is 3.21. The Kier molecular flexibility index (Phi) is 4.68. The topological polar surface area (TPSA) is 112 Å². The lowest BCUT2D eigenvalue weighted by Crippen LogP contribution is -2.48. The highest BCUT2D eigenvalue weighted by molar-refractivity contribution is 5.78. The Morgan fingerprint density at radius 3 is 2.64 bits per heavy atom. The Bertz CT molecular complexity index is 994. The molecule has 2 N–H and O–H groups in total. The van der Waals surface area contributed by atoms with Crippen LogP contribution in [-0.2, 0) is 0 Å². The Labute approximate surface area is 161 Å². The average molecular weight is 382 g/mol. The molecule has 1 amide bonds. The minimum absolute atomic E-state index is 0.301. The number of carboxylic acid groups (broad SMARTS) is 1. The molecule has 0 bridgehead atoms. The van der Waals surface area contributed by atoms with E-state index in [2.05, 4.69) is 43.7 Å². The van der Waals surface area contributed by atoms with Crippen molar-refractivity contribution in [2.24, 2.45) is 0 Å². The van der Waals surface area contributed by atoms with Crippen LogP contribution in [0.25, 0.3) is 11.0 Å². The molecule has 4 heterocycles. The first-order valence-corrected chi connectivity index (χ1v) is 9.17. The van der Waals surface area contributed by atoms with Gasteiger partial charge < -0.3 is 24.8 Å². The third-order valence-electron chi connectivity index (χ3n) is 4.75. The Morgan fingerprint density at radius 1 is 1.14 bits per heavy atom. The van der Waals surface area contributed by atoms with Crippen LogP contribution in [0, 0.1) is 0 Å². The van der Waals surface area contributed by atoms with Crippen LogP contribution in [0.15, 0.2) is 30.9 Å². The molecule has 10 nitrogen and oxygen atoms in total. The first kappa shape index (κ1) is 18.0. The Hall–Kier alpha value is -3.43. The van der Waals surface area contributed by atoms with E-state index in [1.807, 2.05) is 17.3 Å². The van der Waals surface area contributed by atoms with E-state index in [1.165, 1.54) is 4.90 Å². The van der Waals surface area contributed by atoms with Gasteiger partial charge in [-0.1, -0.05) is 0 Å². The third-order valence-corrected chi connectivity index (χ3v) is 4.75. The molecular formula is C18H22N8O2. The van der Waals surface area contributed by atoms with Gasteiger partial charge in [0.25, 0.3) is 0 Å². The number of amides is 1. The molecule has 28 heavy (non-hydrogen) atoms. The molecule has 1 aliphatic heterocycles. The van der Waals surface area contributed by atoms with Crippen molar-refractivity contribution in [1.29, 1.82) is 0 Å². The summed E-state index contributed by atoms with van der Waals surface area (Å²) in [4.78, 5) is 32.1. The van der Waals surface area contributed by atoms with Gasteiger partial charge >= 0.3 is 6.09 Å². The van der Waals surface area contributed by atoms with Gasteiger partial charge in [0.1, 0.15) is 17.2 Å². The summed E-state index contributed by atoms with van der Waals surface area (Å²) < 4.78 is 2.09. The van der Waals surface area contributed by atoms with Crippen LogP contribution in [0.5, 0.6) is 0 Å². The highest BCUT2D eigenvalue weighted by Gasteiger charge is 2.22. The van der Waals surface area contributed by atoms with Crippen molar-refractivity contribution in [3.05, 3.63) is 30.9 Å². The number of anilines is 3. The van der Waals surface area contributed by atoms with Crippen molar-refractivity contribution in [2.75, 3.05) is 36.4 Å². The van der Waals surface area contributed by atoms with Crippen molar-refractivity contribution >= 4 is 34.7 Å². The van der Waals surface area contributed by atoms with Crippen molar-refractivity contribution in [3.8, 4) is 0 Å².